The van der Waals surface area contributed by atoms with Crippen LogP contribution in [-0.2, 0) is 9.53 Å². The third-order valence-electron chi connectivity index (χ3n) is 4.19. The maximum absolute atomic E-state index is 12.1. The molecule has 0 aromatic heterocycles. The van der Waals surface area contributed by atoms with E-state index in [1.54, 1.807) is 36.2 Å². The van der Waals surface area contributed by atoms with Gasteiger partial charge in [-0.15, -0.1) is 0 Å². The molecule has 0 spiro atoms. The van der Waals surface area contributed by atoms with Crippen molar-refractivity contribution >= 4 is 11.4 Å². The quantitative estimate of drug-likeness (QED) is 0.837. The number of methoxy groups -OCH3 is 1. The Balaban J connectivity index is 2.24. The average molecular weight is 317 g/mol. The molecule has 1 aliphatic carbocycles. The predicted molar refractivity (Wildman–Crippen MR) is 88.0 cm³/mol. The molecule has 1 heterocycles. The average Bonchev–Trinajstić information content (AvgIpc) is 2.60. The van der Waals surface area contributed by atoms with Crippen molar-refractivity contribution in [2.45, 2.75) is 12.5 Å². The van der Waals surface area contributed by atoms with E-state index in [0.29, 0.717) is 11.3 Å². The Morgan fingerprint density at radius 1 is 1.29 bits per heavy atom. The van der Waals surface area contributed by atoms with Gasteiger partial charge in [0.2, 0.25) is 0 Å². The zero-order valence-corrected chi connectivity index (χ0v) is 13.4. The van der Waals surface area contributed by atoms with Crippen LogP contribution < -0.4 is 0 Å². The molecule has 0 N–H and O–H groups in total. The van der Waals surface area contributed by atoms with Gasteiger partial charge in [-0.25, -0.2) is 0 Å². The van der Waals surface area contributed by atoms with Gasteiger partial charge in [-0.1, -0.05) is 12.1 Å². The maximum atomic E-state index is 12.1. The van der Waals surface area contributed by atoms with Gasteiger partial charge in [-0.3, -0.25) is 4.79 Å². The van der Waals surface area contributed by atoms with Crippen LogP contribution in [0.4, 0.5) is 0 Å². The van der Waals surface area contributed by atoms with Gasteiger partial charge in [0.25, 0.3) is 0 Å². The van der Waals surface area contributed by atoms with Crippen molar-refractivity contribution in [2.24, 2.45) is 0 Å². The Bertz CT molecular complexity index is 894. The first-order valence-electron chi connectivity index (χ1n) is 7.45. The van der Waals surface area contributed by atoms with Gasteiger partial charge in [0.1, 0.15) is 17.9 Å². The lowest BCUT2D eigenvalue weighted by atomic mass is 9.81. The first kappa shape index (κ1) is 15.7. The van der Waals surface area contributed by atoms with Crippen molar-refractivity contribution in [3.05, 3.63) is 64.5 Å². The molecule has 1 aromatic carbocycles. The summed E-state index contributed by atoms with van der Waals surface area (Å²) < 4.78 is 5.25. The van der Waals surface area contributed by atoms with Gasteiger partial charge < -0.3 is 9.64 Å². The molecule has 1 aliphatic heterocycles. The van der Waals surface area contributed by atoms with Crippen LogP contribution in [0.25, 0.3) is 5.57 Å². The van der Waals surface area contributed by atoms with E-state index in [1.165, 1.54) is 7.11 Å². The number of hydrogen-bond acceptors (Lipinski definition) is 5. The molecular formula is C19H15N3O2. The van der Waals surface area contributed by atoms with E-state index in [0.717, 1.165) is 22.3 Å². The Morgan fingerprint density at radius 3 is 2.75 bits per heavy atom. The summed E-state index contributed by atoms with van der Waals surface area (Å²) in [5.41, 5.74) is 4.18. The van der Waals surface area contributed by atoms with Gasteiger partial charge in [-0.2, -0.15) is 10.5 Å². The molecule has 0 fully saturated rings. The normalized spacial score (nSPS) is 19.9. The number of Topliss-reactive ketones (excluding diaryl/α,β-unsaturated/α-hetero) is 1. The molecule has 0 radical (unpaired) electrons. The number of hydrogen-bond donors (Lipinski definition) is 0. The van der Waals surface area contributed by atoms with E-state index in [4.69, 9.17) is 10.00 Å². The summed E-state index contributed by atoms with van der Waals surface area (Å²) in [6.07, 6.45) is 3.21. The number of carbonyl (C=O) groups excluding carboxylic acids is 1. The summed E-state index contributed by atoms with van der Waals surface area (Å²) >= 11 is 0. The lowest BCUT2D eigenvalue weighted by Crippen LogP contribution is -2.29. The van der Waals surface area contributed by atoms with Crippen molar-refractivity contribution < 1.29 is 9.53 Å². The zero-order chi connectivity index (χ0) is 17.3. The van der Waals surface area contributed by atoms with Crippen molar-refractivity contribution in [3.63, 3.8) is 0 Å². The molecule has 1 atom stereocenters. The zero-order valence-electron chi connectivity index (χ0n) is 13.4. The second kappa shape index (κ2) is 6.16. The molecule has 24 heavy (non-hydrogen) atoms. The molecule has 118 valence electrons. The van der Waals surface area contributed by atoms with Crippen LogP contribution in [0.2, 0.25) is 0 Å². The summed E-state index contributed by atoms with van der Waals surface area (Å²) in [5.74, 6) is -0.00793. The minimum absolute atomic E-state index is 0.00793. The highest BCUT2D eigenvalue weighted by molar-refractivity contribution is 5.98. The molecule has 0 saturated heterocycles. The summed E-state index contributed by atoms with van der Waals surface area (Å²) in [7, 11) is 3.28. The molecule has 0 saturated carbocycles. The number of nitriles is 2. The summed E-state index contributed by atoms with van der Waals surface area (Å²) in [4.78, 5) is 13.9. The van der Waals surface area contributed by atoms with Crippen LogP contribution in [0, 0.1) is 22.7 Å². The predicted octanol–water partition coefficient (Wildman–Crippen LogP) is 2.54. The molecule has 0 amide bonds. The highest BCUT2D eigenvalue weighted by Crippen LogP contribution is 2.40. The monoisotopic (exact) mass is 317 g/mol. The summed E-state index contributed by atoms with van der Waals surface area (Å²) in [5, 5.41) is 18.8. The Kier molecular flexibility index (Phi) is 4.04. The molecule has 5 heteroatoms. The van der Waals surface area contributed by atoms with Gasteiger partial charge in [0.05, 0.1) is 11.6 Å². The smallest absolute Gasteiger partial charge is 0.169 e. The number of nitrogens with zero attached hydrogens (tertiary/aromatic N) is 3. The Morgan fingerprint density at radius 2 is 2.08 bits per heavy atom. The Hall–Kier alpha value is -3.15. The standard InChI is InChI=1S/C19H15N3O2/c1-22-11-14-7-17(23)18(24-2)8-15(14)19(16(22)10-21)13-5-3-4-12(6-13)9-20/h3-6,8,11,18H,7H2,1-2H3. The number of rotatable bonds is 2. The molecule has 1 unspecified atom stereocenters. The van der Waals surface area contributed by atoms with Crippen molar-refractivity contribution in [1.82, 2.24) is 4.90 Å². The van der Waals surface area contributed by atoms with E-state index in [9.17, 15) is 10.1 Å². The number of ketones is 1. The first-order chi connectivity index (χ1) is 11.6. The van der Waals surface area contributed by atoms with Crippen LogP contribution in [0.5, 0.6) is 0 Å². The van der Waals surface area contributed by atoms with Crippen LogP contribution in [0.1, 0.15) is 17.5 Å². The van der Waals surface area contributed by atoms with Gasteiger partial charge in [0, 0.05) is 32.4 Å². The molecule has 3 rings (SSSR count). The molecular weight excluding hydrogens is 302 g/mol. The van der Waals surface area contributed by atoms with Crippen LogP contribution in [-0.4, -0.2) is 30.9 Å². The number of fused-ring (bicyclic) bond motifs is 1. The van der Waals surface area contributed by atoms with E-state index in [1.807, 2.05) is 12.3 Å². The molecule has 5 nitrogen and oxygen atoms in total. The second-order valence-corrected chi connectivity index (χ2v) is 5.67. The number of carbonyl (C=O) groups is 1. The number of benzene rings is 1. The second-order valence-electron chi connectivity index (χ2n) is 5.67. The first-order valence-corrected chi connectivity index (χ1v) is 7.45. The fourth-order valence-electron chi connectivity index (χ4n) is 3.07. The fourth-order valence-corrected chi connectivity index (χ4v) is 3.07. The van der Waals surface area contributed by atoms with Crippen LogP contribution in [0.3, 0.4) is 0 Å². The van der Waals surface area contributed by atoms with E-state index < -0.39 is 6.10 Å². The summed E-state index contributed by atoms with van der Waals surface area (Å²) in [6.45, 7) is 0. The SMILES string of the molecule is COC1C=C2C(=CN(C)C(C#N)=C2c2cccc(C#N)c2)CC1=O. The lowest BCUT2D eigenvalue weighted by Gasteiger charge is -2.31. The number of allylic oxidation sites excluding steroid dienone is 4. The minimum atomic E-state index is -0.616. The number of ether oxygens (including phenoxy) is 1. The minimum Gasteiger partial charge on any atom is -0.370 e. The van der Waals surface area contributed by atoms with E-state index >= 15 is 0 Å². The fraction of sp³-hybridized carbons (Fsp3) is 0.211. The third kappa shape index (κ3) is 2.52. The molecule has 2 aliphatic rings. The third-order valence-corrected chi connectivity index (χ3v) is 4.19. The van der Waals surface area contributed by atoms with Crippen molar-refractivity contribution in [1.29, 1.82) is 10.5 Å². The van der Waals surface area contributed by atoms with E-state index in [-0.39, 0.29) is 12.2 Å². The van der Waals surface area contributed by atoms with E-state index in [2.05, 4.69) is 12.1 Å². The van der Waals surface area contributed by atoms with Crippen molar-refractivity contribution in [3.8, 4) is 12.1 Å². The lowest BCUT2D eigenvalue weighted by molar-refractivity contribution is -0.125. The van der Waals surface area contributed by atoms with Gasteiger partial charge >= 0.3 is 0 Å². The Labute approximate surface area is 140 Å². The molecule has 0 bridgehead atoms. The molecule has 1 aromatic rings. The largest absolute Gasteiger partial charge is 0.370 e. The highest BCUT2D eigenvalue weighted by Gasteiger charge is 2.32. The summed E-state index contributed by atoms with van der Waals surface area (Å²) in [6, 6.07) is 11.5. The maximum Gasteiger partial charge on any atom is 0.169 e. The van der Waals surface area contributed by atoms with Crippen molar-refractivity contribution in [2.75, 3.05) is 14.2 Å². The highest BCUT2D eigenvalue weighted by atomic mass is 16.5. The van der Waals surface area contributed by atoms with Crippen LogP contribution in [0.15, 0.2) is 53.4 Å². The van der Waals surface area contributed by atoms with Gasteiger partial charge in [-0.05, 0) is 34.9 Å². The van der Waals surface area contributed by atoms with Gasteiger partial charge in [0.15, 0.2) is 5.78 Å². The van der Waals surface area contributed by atoms with Crippen LogP contribution >= 0.6 is 0 Å². The topological polar surface area (TPSA) is 77.1 Å².